The van der Waals surface area contributed by atoms with Crippen molar-refractivity contribution in [1.29, 1.82) is 0 Å². The molecule has 0 aromatic carbocycles. The third kappa shape index (κ3) is 13.0. The van der Waals surface area contributed by atoms with Gasteiger partial charge in [-0.3, -0.25) is 0 Å². The Bertz CT molecular complexity index is 309. The van der Waals surface area contributed by atoms with Crippen LogP contribution in [0.5, 0.6) is 0 Å². The molecule has 0 nitrogen and oxygen atoms in total. The van der Waals surface area contributed by atoms with Gasteiger partial charge < -0.3 is 0 Å². The van der Waals surface area contributed by atoms with E-state index in [2.05, 4.69) is 25.0 Å². The van der Waals surface area contributed by atoms with Crippen molar-refractivity contribution in [3.63, 3.8) is 0 Å². The van der Waals surface area contributed by atoms with E-state index in [-0.39, 0.29) is 0 Å². The predicted molar refractivity (Wildman–Crippen MR) is 91.4 cm³/mol. The Kier molecular flexibility index (Phi) is 13.0. The van der Waals surface area contributed by atoms with Gasteiger partial charge in [-0.1, -0.05) is 76.4 Å². The van der Waals surface area contributed by atoms with Crippen molar-refractivity contribution in [3.8, 4) is 24.7 Å². The van der Waals surface area contributed by atoms with Crippen LogP contribution in [0.4, 0.5) is 0 Å². The normalized spacial score (nSPS) is 9.70. The summed E-state index contributed by atoms with van der Waals surface area (Å²) in [5.74, 6) is 5.20. The van der Waals surface area contributed by atoms with Crippen LogP contribution >= 0.6 is 0 Å². The fourth-order valence-corrected chi connectivity index (χ4v) is 2.24. The first-order valence-electron chi connectivity index (χ1n) is 7.99. The molecule has 0 fully saturated rings. The zero-order chi connectivity index (χ0) is 15.1. The Morgan fingerprint density at radius 3 is 1.05 bits per heavy atom. The smallest absolute Gasteiger partial charge is 0.00542 e. The van der Waals surface area contributed by atoms with Gasteiger partial charge in [0.1, 0.15) is 0 Å². The van der Waals surface area contributed by atoms with E-state index in [1.54, 1.807) is 0 Å². The summed E-state index contributed by atoms with van der Waals surface area (Å²) in [6.45, 7) is 7.64. The van der Waals surface area contributed by atoms with Gasteiger partial charge in [-0.2, -0.15) is 0 Å². The molecule has 0 aromatic heterocycles. The van der Waals surface area contributed by atoms with E-state index in [1.807, 2.05) is 0 Å². The maximum Gasteiger partial charge on any atom is -0.00542 e. The van der Waals surface area contributed by atoms with Gasteiger partial charge in [0.05, 0.1) is 0 Å². The minimum atomic E-state index is 0.942. The number of terminal acetylenes is 2. The van der Waals surface area contributed by atoms with E-state index < -0.39 is 0 Å². The Hall–Kier alpha value is -1.40. The SMILES string of the molecule is C#CC(=C)CCCCCCCCCCCCC(=C)C#C. The lowest BCUT2D eigenvalue weighted by Gasteiger charge is -2.03. The molecule has 0 amide bonds. The van der Waals surface area contributed by atoms with Crippen LogP contribution in [0, 0.1) is 24.7 Å². The maximum atomic E-state index is 5.26. The second kappa shape index (κ2) is 14.0. The monoisotopic (exact) mass is 270 g/mol. The highest BCUT2D eigenvalue weighted by molar-refractivity contribution is 5.21. The molecule has 0 aliphatic carbocycles. The largest absolute Gasteiger partial charge is 0.115 e. The van der Waals surface area contributed by atoms with E-state index in [0.717, 1.165) is 24.0 Å². The molecule has 20 heavy (non-hydrogen) atoms. The second-order valence-electron chi connectivity index (χ2n) is 5.53. The first-order valence-corrected chi connectivity index (χ1v) is 7.99. The van der Waals surface area contributed by atoms with Crippen LogP contribution in [0.2, 0.25) is 0 Å². The summed E-state index contributed by atoms with van der Waals surface area (Å²) in [5.41, 5.74) is 1.88. The third-order valence-electron chi connectivity index (χ3n) is 3.62. The summed E-state index contributed by atoms with van der Waals surface area (Å²) >= 11 is 0. The predicted octanol–water partition coefficient (Wildman–Crippen LogP) is 6.05. The summed E-state index contributed by atoms with van der Waals surface area (Å²) in [7, 11) is 0. The second-order valence-corrected chi connectivity index (χ2v) is 5.53. The van der Waals surface area contributed by atoms with Crippen molar-refractivity contribution in [3.05, 3.63) is 24.3 Å². The summed E-state index contributed by atoms with van der Waals surface area (Å²) < 4.78 is 0. The minimum Gasteiger partial charge on any atom is -0.115 e. The van der Waals surface area contributed by atoms with E-state index in [1.165, 1.54) is 64.2 Å². The first kappa shape index (κ1) is 18.6. The average molecular weight is 270 g/mol. The number of hydrogen-bond donors (Lipinski definition) is 0. The molecule has 0 bridgehead atoms. The molecule has 0 aliphatic heterocycles. The number of rotatable bonds is 13. The summed E-state index contributed by atoms with van der Waals surface area (Å²) in [5, 5.41) is 0. The van der Waals surface area contributed by atoms with E-state index in [0.29, 0.717) is 0 Å². The molecule has 0 aromatic rings. The molecular weight excluding hydrogens is 240 g/mol. The van der Waals surface area contributed by atoms with Crippen LogP contribution in [-0.4, -0.2) is 0 Å². The van der Waals surface area contributed by atoms with Crippen molar-refractivity contribution in [2.24, 2.45) is 0 Å². The third-order valence-corrected chi connectivity index (χ3v) is 3.62. The lowest BCUT2D eigenvalue weighted by molar-refractivity contribution is 0.552. The highest BCUT2D eigenvalue weighted by Crippen LogP contribution is 2.14. The van der Waals surface area contributed by atoms with Crippen molar-refractivity contribution >= 4 is 0 Å². The van der Waals surface area contributed by atoms with Crippen LogP contribution in [0.15, 0.2) is 24.3 Å². The summed E-state index contributed by atoms with van der Waals surface area (Å²) in [6, 6.07) is 0. The highest BCUT2D eigenvalue weighted by Gasteiger charge is 1.95. The molecule has 0 heteroatoms. The van der Waals surface area contributed by atoms with Crippen molar-refractivity contribution in [1.82, 2.24) is 0 Å². The number of unbranched alkanes of at least 4 members (excludes halogenated alkanes) is 9. The van der Waals surface area contributed by atoms with Crippen molar-refractivity contribution < 1.29 is 0 Å². The van der Waals surface area contributed by atoms with Gasteiger partial charge in [0.15, 0.2) is 0 Å². The molecule has 0 saturated carbocycles. The van der Waals surface area contributed by atoms with Gasteiger partial charge in [-0.25, -0.2) is 0 Å². The molecule has 0 spiro atoms. The number of allylic oxidation sites excluding steroid dienone is 2. The van der Waals surface area contributed by atoms with Gasteiger partial charge in [0.25, 0.3) is 0 Å². The highest BCUT2D eigenvalue weighted by atomic mass is 14.0. The van der Waals surface area contributed by atoms with Crippen LogP contribution < -0.4 is 0 Å². The van der Waals surface area contributed by atoms with Gasteiger partial charge in [-0.15, -0.1) is 12.8 Å². The quantitative estimate of drug-likeness (QED) is 0.282. The molecule has 0 saturated heterocycles. The van der Waals surface area contributed by atoms with Gasteiger partial charge >= 0.3 is 0 Å². The molecule has 0 rings (SSSR count). The Labute approximate surface area is 126 Å². The fraction of sp³-hybridized carbons (Fsp3) is 0.600. The van der Waals surface area contributed by atoms with Crippen LogP contribution in [0.3, 0.4) is 0 Å². The van der Waals surface area contributed by atoms with Crippen molar-refractivity contribution in [2.45, 2.75) is 77.0 Å². The fourth-order valence-electron chi connectivity index (χ4n) is 2.24. The van der Waals surface area contributed by atoms with Gasteiger partial charge in [-0.05, 0) is 36.8 Å². The van der Waals surface area contributed by atoms with Crippen molar-refractivity contribution in [2.75, 3.05) is 0 Å². The molecular formula is C20H30. The van der Waals surface area contributed by atoms with E-state index in [9.17, 15) is 0 Å². The molecule has 110 valence electrons. The van der Waals surface area contributed by atoms with E-state index in [4.69, 9.17) is 12.8 Å². The number of hydrogen-bond acceptors (Lipinski definition) is 0. The standard InChI is InChI=1S/C20H30/c1-5-19(3)17-15-13-11-9-7-8-10-12-14-16-18-20(4)6-2/h1-2H,3-4,7-18H2. The Balaban J connectivity index is 3.11. The topological polar surface area (TPSA) is 0 Å². The molecule has 0 N–H and O–H groups in total. The zero-order valence-corrected chi connectivity index (χ0v) is 13.1. The lowest BCUT2D eigenvalue weighted by atomic mass is 10.0. The molecule has 0 radical (unpaired) electrons. The zero-order valence-electron chi connectivity index (χ0n) is 13.1. The van der Waals surface area contributed by atoms with Gasteiger partial charge in [0, 0.05) is 0 Å². The van der Waals surface area contributed by atoms with Gasteiger partial charge in [0.2, 0.25) is 0 Å². The maximum absolute atomic E-state index is 5.26. The Morgan fingerprint density at radius 2 is 0.800 bits per heavy atom. The molecule has 0 atom stereocenters. The van der Waals surface area contributed by atoms with Crippen LogP contribution in [0.1, 0.15) is 77.0 Å². The summed E-state index contributed by atoms with van der Waals surface area (Å²) in [4.78, 5) is 0. The first-order chi connectivity index (χ1) is 9.70. The average Bonchev–Trinajstić information content (AvgIpc) is 2.47. The molecule has 0 unspecified atom stereocenters. The van der Waals surface area contributed by atoms with Crippen LogP contribution in [-0.2, 0) is 0 Å². The molecule has 0 aliphatic rings. The summed E-state index contributed by atoms with van der Waals surface area (Å²) in [6.07, 6.45) is 25.6. The molecule has 0 heterocycles. The minimum absolute atomic E-state index is 0.942. The Morgan fingerprint density at radius 1 is 0.550 bits per heavy atom. The van der Waals surface area contributed by atoms with Crippen LogP contribution in [0.25, 0.3) is 0 Å². The lowest BCUT2D eigenvalue weighted by Crippen LogP contribution is -1.84. The van der Waals surface area contributed by atoms with E-state index >= 15 is 0 Å².